The van der Waals surface area contributed by atoms with Crippen molar-refractivity contribution >= 4 is 29.0 Å². The first-order valence-corrected chi connectivity index (χ1v) is 9.75. The number of carbonyl (C=O) groups is 2. The second kappa shape index (κ2) is 10.6. The van der Waals surface area contributed by atoms with Crippen LogP contribution in [0, 0.1) is 0 Å². The van der Waals surface area contributed by atoms with Gasteiger partial charge in [0.15, 0.2) is 0 Å². The molecule has 0 saturated heterocycles. The van der Waals surface area contributed by atoms with Crippen molar-refractivity contribution < 1.29 is 19.1 Å². The quantitative estimate of drug-likeness (QED) is 0.625. The van der Waals surface area contributed by atoms with E-state index in [1.54, 1.807) is 48.8 Å². The molecule has 0 aliphatic rings. The van der Waals surface area contributed by atoms with E-state index in [4.69, 9.17) is 9.47 Å². The molecule has 3 amide bonds. The van der Waals surface area contributed by atoms with Gasteiger partial charge < -0.3 is 25.0 Å². The molecule has 0 radical (unpaired) electrons. The van der Waals surface area contributed by atoms with Crippen molar-refractivity contribution in [3.63, 3.8) is 0 Å². The van der Waals surface area contributed by atoms with Crippen LogP contribution in [-0.4, -0.2) is 55.2 Å². The zero-order chi connectivity index (χ0) is 20.5. The van der Waals surface area contributed by atoms with Gasteiger partial charge in [0.1, 0.15) is 16.5 Å². The number of urea groups is 1. The molecule has 2 N–H and O–H groups in total. The predicted molar refractivity (Wildman–Crippen MR) is 109 cm³/mol. The van der Waals surface area contributed by atoms with Crippen molar-refractivity contribution in [1.82, 2.24) is 15.2 Å². The van der Waals surface area contributed by atoms with E-state index >= 15 is 0 Å². The van der Waals surface area contributed by atoms with Gasteiger partial charge in [0.05, 0.1) is 20.3 Å². The SMILES string of the molecule is COCCNC(=O)c1csc(CN(C(=O)Nc2ccc(OC)cc2)C(C)C)n1. The van der Waals surface area contributed by atoms with E-state index in [2.05, 4.69) is 15.6 Å². The van der Waals surface area contributed by atoms with Crippen LogP contribution in [0.25, 0.3) is 0 Å². The number of rotatable bonds is 9. The molecule has 1 aromatic carbocycles. The Hall–Kier alpha value is -2.65. The molecule has 9 heteroatoms. The van der Waals surface area contributed by atoms with Gasteiger partial charge in [-0.15, -0.1) is 11.3 Å². The number of aromatic nitrogens is 1. The summed E-state index contributed by atoms with van der Waals surface area (Å²) in [4.78, 5) is 30.8. The maximum atomic E-state index is 12.7. The second-order valence-corrected chi connectivity index (χ2v) is 7.20. The van der Waals surface area contributed by atoms with Crippen LogP contribution in [0.2, 0.25) is 0 Å². The Morgan fingerprint density at radius 3 is 2.54 bits per heavy atom. The molecule has 2 aromatic rings. The van der Waals surface area contributed by atoms with E-state index in [0.717, 1.165) is 5.75 Å². The van der Waals surface area contributed by atoms with Crippen molar-refractivity contribution in [3.8, 4) is 5.75 Å². The molecule has 28 heavy (non-hydrogen) atoms. The fourth-order valence-electron chi connectivity index (χ4n) is 2.35. The largest absolute Gasteiger partial charge is 0.497 e. The monoisotopic (exact) mass is 406 g/mol. The molecular formula is C19H26N4O4S. The highest BCUT2D eigenvalue weighted by Crippen LogP contribution is 2.18. The number of nitrogens with one attached hydrogen (secondary N) is 2. The Balaban J connectivity index is 2.00. The Kier molecular flexibility index (Phi) is 8.21. The maximum absolute atomic E-state index is 12.7. The van der Waals surface area contributed by atoms with Crippen LogP contribution in [0.1, 0.15) is 29.3 Å². The average Bonchev–Trinajstić information content (AvgIpc) is 3.15. The average molecular weight is 407 g/mol. The lowest BCUT2D eigenvalue weighted by atomic mass is 10.3. The maximum Gasteiger partial charge on any atom is 0.322 e. The lowest BCUT2D eigenvalue weighted by Crippen LogP contribution is -2.39. The molecule has 0 bridgehead atoms. The smallest absolute Gasteiger partial charge is 0.322 e. The third-order valence-electron chi connectivity index (χ3n) is 3.91. The van der Waals surface area contributed by atoms with Gasteiger partial charge >= 0.3 is 6.03 Å². The molecule has 0 spiro atoms. The van der Waals surface area contributed by atoms with Crippen molar-refractivity contribution in [2.24, 2.45) is 0 Å². The molecule has 1 heterocycles. The van der Waals surface area contributed by atoms with E-state index in [9.17, 15) is 9.59 Å². The van der Waals surface area contributed by atoms with Crippen molar-refractivity contribution in [2.75, 3.05) is 32.7 Å². The summed E-state index contributed by atoms with van der Waals surface area (Å²) in [5.41, 5.74) is 1.02. The minimum Gasteiger partial charge on any atom is -0.497 e. The summed E-state index contributed by atoms with van der Waals surface area (Å²) in [6.07, 6.45) is 0. The van der Waals surface area contributed by atoms with Gasteiger partial charge in [0.2, 0.25) is 0 Å². The Morgan fingerprint density at radius 1 is 1.21 bits per heavy atom. The molecule has 0 atom stereocenters. The van der Waals surface area contributed by atoms with Crippen molar-refractivity contribution in [3.05, 3.63) is 40.3 Å². The highest BCUT2D eigenvalue weighted by atomic mass is 32.1. The van der Waals surface area contributed by atoms with Crippen LogP contribution >= 0.6 is 11.3 Å². The number of methoxy groups -OCH3 is 2. The van der Waals surface area contributed by atoms with E-state index < -0.39 is 0 Å². The van der Waals surface area contributed by atoms with Gasteiger partial charge in [-0.2, -0.15) is 0 Å². The molecule has 0 fully saturated rings. The van der Waals surface area contributed by atoms with Crippen LogP contribution in [0.5, 0.6) is 5.75 Å². The number of thiazole rings is 1. The summed E-state index contributed by atoms with van der Waals surface area (Å²) in [6, 6.07) is 6.85. The first-order chi connectivity index (χ1) is 13.4. The van der Waals surface area contributed by atoms with Gasteiger partial charge in [0.25, 0.3) is 5.91 Å². The molecule has 2 rings (SSSR count). The lowest BCUT2D eigenvalue weighted by Gasteiger charge is -2.26. The Labute approximate surface area is 168 Å². The number of hydrogen-bond acceptors (Lipinski definition) is 6. The number of carbonyl (C=O) groups excluding carboxylic acids is 2. The van der Waals surface area contributed by atoms with Crippen LogP contribution in [-0.2, 0) is 11.3 Å². The summed E-state index contributed by atoms with van der Waals surface area (Å²) >= 11 is 1.35. The highest BCUT2D eigenvalue weighted by molar-refractivity contribution is 7.09. The van der Waals surface area contributed by atoms with E-state index in [-0.39, 0.29) is 18.0 Å². The van der Waals surface area contributed by atoms with Gasteiger partial charge in [0, 0.05) is 30.8 Å². The van der Waals surface area contributed by atoms with Crippen LogP contribution in [0.3, 0.4) is 0 Å². The molecular weight excluding hydrogens is 380 g/mol. The molecule has 1 aromatic heterocycles. The summed E-state index contributed by atoms with van der Waals surface area (Å²) in [7, 11) is 3.17. The van der Waals surface area contributed by atoms with E-state index in [1.807, 2.05) is 13.8 Å². The van der Waals surface area contributed by atoms with Gasteiger partial charge in [-0.05, 0) is 38.1 Å². The number of anilines is 1. The molecule has 0 aliphatic carbocycles. The summed E-state index contributed by atoms with van der Waals surface area (Å²) < 4.78 is 10.0. The minimum absolute atomic E-state index is 0.0406. The zero-order valence-corrected chi connectivity index (χ0v) is 17.3. The van der Waals surface area contributed by atoms with Crippen LogP contribution in [0.15, 0.2) is 29.6 Å². The van der Waals surface area contributed by atoms with Gasteiger partial charge in [-0.3, -0.25) is 4.79 Å². The Morgan fingerprint density at radius 2 is 1.93 bits per heavy atom. The van der Waals surface area contributed by atoms with Crippen molar-refractivity contribution in [2.45, 2.75) is 26.4 Å². The Bertz CT molecular complexity index is 776. The molecule has 8 nitrogen and oxygen atoms in total. The third kappa shape index (κ3) is 6.21. The zero-order valence-electron chi connectivity index (χ0n) is 16.5. The predicted octanol–water partition coefficient (Wildman–Crippen LogP) is 2.97. The minimum atomic E-state index is -0.252. The number of nitrogens with zero attached hydrogens (tertiary/aromatic N) is 2. The molecule has 0 unspecified atom stereocenters. The van der Waals surface area contributed by atoms with Gasteiger partial charge in [-0.1, -0.05) is 0 Å². The number of amides is 3. The van der Waals surface area contributed by atoms with E-state index in [1.165, 1.54) is 11.3 Å². The first-order valence-electron chi connectivity index (χ1n) is 8.87. The fourth-order valence-corrected chi connectivity index (χ4v) is 3.12. The fraction of sp³-hybridized carbons (Fsp3) is 0.421. The molecule has 0 aliphatic heterocycles. The lowest BCUT2D eigenvalue weighted by molar-refractivity contribution is 0.0932. The van der Waals surface area contributed by atoms with Crippen LogP contribution < -0.4 is 15.4 Å². The number of benzene rings is 1. The summed E-state index contributed by atoms with van der Waals surface area (Å²) in [5, 5.41) is 7.99. The van der Waals surface area contributed by atoms with Gasteiger partial charge in [-0.25, -0.2) is 9.78 Å². The molecule has 0 saturated carbocycles. The normalized spacial score (nSPS) is 10.6. The molecule has 152 valence electrons. The number of ether oxygens (including phenoxy) is 2. The summed E-state index contributed by atoms with van der Waals surface area (Å²) in [5.74, 6) is 0.469. The standard InChI is InChI=1S/C19H26N4O4S/c1-13(2)23(19(25)21-14-5-7-15(27-4)8-6-14)11-17-22-16(12-28-17)18(24)20-9-10-26-3/h5-8,12-13H,9-11H2,1-4H3,(H,20,24)(H,21,25). The van der Waals surface area contributed by atoms with E-state index in [0.29, 0.717) is 36.1 Å². The third-order valence-corrected chi connectivity index (χ3v) is 4.74. The highest BCUT2D eigenvalue weighted by Gasteiger charge is 2.20. The topological polar surface area (TPSA) is 92.8 Å². The second-order valence-electron chi connectivity index (χ2n) is 6.26. The van der Waals surface area contributed by atoms with Crippen LogP contribution in [0.4, 0.5) is 10.5 Å². The van der Waals surface area contributed by atoms with Crippen molar-refractivity contribution in [1.29, 1.82) is 0 Å². The summed E-state index contributed by atoms with van der Waals surface area (Å²) in [6.45, 7) is 5.04. The first kappa shape index (κ1) is 21.6. The number of hydrogen-bond donors (Lipinski definition) is 2.